The molecular weight excluding hydrogens is 354 g/mol. The van der Waals surface area contributed by atoms with E-state index in [1.54, 1.807) is 0 Å². The quantitative estimate of drug-likeness (QED) is 0.680. The van der Waals surface area contributed by atoms with Crippen LogP contribution in [0.5, 0.6) is 0 Å². The van der Waals surface area contributed by atoms with Gasteiger partial charge in [-0.25, -0.2) is 0 Å². The van der Waals surface area contributed by atoms with Crippen molar-refractivity contribution in [2.24, 2.45) is 5.92 Å². The molecule has 0 aromatic heterocycles. The molecular formula is C15H23Br2N. The van der Waals surface area contributed by atoms with E-state index in [2.05, 4.69) is 77.0 Å². The minimum absolute atomic E-state index is 0.418. The van der Waals surface area contributed by atoms with Gasteiger partial charge in [-0.3, -0.25) is 0 Å². The van der Waals surface area contributed by atoms with E-state index < -0.39 is 0 Å². The Balaban J connectivity index is 3.08. The van der Waals surface area contributed by atoms with Crippen molar-refractivity contribution in [2.75, 3.05) is 6.54 Å². The van der Waals surface area contributed by atoms with Gasteiger partial charge < -0.3 is 5.32 Å². The average molecular weight is 377 g/mol. The maximum atomic E-state index is 3.71. The van der Waals surface area contributed by atoms with Gasteiger partial charge in [-0.05, 0) is 49.1 Å². The summed E-state index contributed by atoms with van der Waals surface area (Å²) < 4.78 is 2.39. The number of aryl methyl sites for hydroxylation is 1. The Morgan fingerprint density at radius 1 is 1.17 bits per heavy atom. The van der Waals surface area contributed by atoms with Crippen molar-refractivity contribution in [1.82, 2.24) is 5.32 Å². The average Bonchev–Trinajstić information content (AvgIpc) is 2.31. The lowest BCUT2D eigenvalue weighted by Gasteiger charge is -2.26. The molecule has 102 valence electrons. The molecule has 0 aliphatic heterocycles. The SMILES string of the molecule is CCCC(C)C(NCC)c1cc(Br)c(C)cc1Br. The van der Waals surface area contributed by atoms with Gasteiger partial charge in [0.15, 0.2) is 0 Å². The van der Waals surface area contributed by atoms with E-state index >= 15 is 0 Å². The fraction of sp³-hybridized carbons (Fsp3) is 0.600. The van der Waals surface area contributed by atoms with Gasteiger partial charge in [0.2, 0.25) is 0 Å². The van der Waals surface area contributed by atoms with E-state index in [4.69, 9.17) is 0 Å². The highest BCUT2D eigenvalue weighted by atomic mass is 79.9. The maximum Gasteiger partial charge on any atom is 0.0357 e. The summed E-state index contributed by atoms with van der Waals surface area (Å²) in [6.45, 7) is 9.87. The first kappa shape index (κ1) is 16.2. The van der Waals surface area contributed by atoms with Gasteiger partial charge in [0.05, 0.1) is 0 Å². The Labute approximate surface area is 128 Å². The third-order valence-electron chi connectivity index (χ3n) is 3.35. The largest absolute Gasteiger partial charge is 0.310 e. The highest BCUT2D eigenvalue weighted by molar-refractivity contribution is 9.11. The van der Waals surface area contributed by atoms with Gasteiger partial charge in [0.25, 0.3) is 0 Å². The summed E-state index contributed by atoms with van der Waals surface area (Å²) in [4.78, 5) is 0. The molecule has 3 heteroatoms. The summed E-state index contributed by atoms with van der Waals surface area (Å²) in [5.74, 6) is 0.640. The molecule has 0 saturated heterocycles. The van der Waals surface area contributed by atoms with Crippen molar-refractivity contribution in [3.05, 3.63) is 32.2 Å². The number of rotatable bonds is 6. The molecule has 18 heavy (non-hydrogen) atoms. The molecule has 2 atom stereocenters. The standard InChI is InChI=1S/C15H23Br2N/c1-5-7-10(3)15(18-6-2)12-9-13(16)11(4)8-14(12)17/h8-10,15,18H,5-7H2,1-4H3. The van der Waals surface area contributed by atoms with Crippen LogP contribution in [0.4, 0.5) is 0 Å². The molecule has 0 radical (unpaired) electrons. The second-order valence-corrected chi connectivity index (χ2v) is 6.63. The number of benzene rings is 1. The van der Waals surface area contributed by atoms with Gasteiger partial charge in [-0.2, -0.15) is 0 Å². The van der Waals surface area contributed by atoms with Crippen molar-refractivity contribution in [3.63, 3.8) is 0 Å². The van der Waals surface area contributed by atoms with E-state index in [1.165, 1.54) is 32.9 Å². The van der Waals surface area contributed by atoms with Crippen molar-refractivity contribution < 1.29 is 0 Å². The number of hydrogen-bond donors (Lipinski definition) is 1. The van der Waals surface area contributed by atoms with E-state index in [1.807, 2.05) is 0 Å². The first-order valence-electron chi connectivity index (χ1n) is 6.70. The molecule has 1 nitrogen and oxygen atoms in total. The lowest BCUT2D eigenvalue weighted by atomic mass is 9.90. The third kappa shape index (κ3) is 4.07. The fourth-order valence-electron chi connectivity index (χ4n) is 2.36. The molecule has 0 aliphatic rings. The molecule has 0 spiro atoms. The summed E-state index contributed by atoms with van der Waals surface area (Å²) in [6.07, 6.45) is 2.48. The van der Waals surface area contributed by atoms with Crippen LogP contribution >= 0.6 is 31.9 Å². The summed E-state index contributed by atoms with van der Waals surface area (Å²) in [5, 5.41) is 3.62. The van der Waals surface area contributed by atoms with Crippen molar-refractivity contribution in [2.45, 2.75) is 46.6 Å². The summed E-state index contributed by atoms with van der Waals surface area (Å²) in [7, 11) is 0. The molecule has 0 bridgehead atoms. The van der Waals surface area contributed by atoms with E-state index in [9.17, 15) is 0 Å². The fourth-order valence-corrected chi connectivity index (χ4v) is 3.43. The van der Waals surface area contributed by atoms with Crippen LogP contribution in [0.1, 0.15) is 50.8 Å². The minimum Gasteiger partial charge on any atom is -0.310 e. The van der Waals surface area contributed by atoms with Crippen LogP contribution in [0.15, 0.2) is 21.1 Å². The van der Waals surface area contributed by atoms with Crippen molar-refractivity contribution in [3.8, 4) is 0 Å². The Kier molecular flexibility index (Phi) is 6.89. The zero-order valence-electron chi connectivity index (χ0n) is 11.7. The monoisotopic (exact) mass is 375 g/mol. The summed E-state index contributed by atoms with van der Waals surface area (Å²) in [5.41, 5.74) is 2.62. The van der Waals surface area contributed by atoms with Gasteiger partial charge in [-0.15, -0.1) is 0 Å². The lowest BCUT2D eigenvalue weighted by molar-refractivity contribution is 0.368. The number of hydrogen-bond acceptors (Lipinski definition) is 1. The molecule has 0 amide bonds. The third-order valence-corrected chi connectivity index (χ3v) is 4.89. The molecule has 2 unspecified atom stereocenters. The Hall–Kier alpha value is 0.140. The maximum absolute atomic E-state index is 3.71. The van der Waals surface area contributed by atoms with Crippen LogP contribution in [-0.2, 0) is 0 Å². The van der Waals surface area contributed by atoms with Crippen molar-refractivity contribution in [1.29, 1.82) is 0 Å². The Bertz CT molecular complexity index is 390. The van der Waals surface area contributed by atoms with E-state index in [-0.39, 0.29) is 0 Å². The zero-order valence-corrected chi connectivity index (χ0v) is 14.9. The second kappa shape index (κ2) is 7.66. The Morgan fingerprint density at radius 3 is 2.39 bits per heavy atom. The van der Waals surface area contributed by atoms with Gasteiger partial charge in [0.1, 0.15) is 0 Å². The van der Waals surface area contributed by atoms with Gasteiger partial charge in [0, 0.05) is 15.0 Å². The first-order chi connectivity index (χ1) is 8.51. The number of halogens is 2. The number of nitrogens with one attached hydrogen (secondary N) is 1. The highest BCUT2D eigenvalue weighted by Gasteiger charge is 2.20. The molecule has 1 aromatic rings. The van der Waals surface area contributed by atoms with Crippen molar-refractivity contribution >= 4 is 31.9 Å². The van der Waals surface area contributed by atoms with Crippen LogP contribution in [0.2, 0.25) is 0 Å². The van der Waals surface area contributed by atoms with Crippen LogP contribution in [0, 0.1) is 12.8 Å². The second-order valence-electron chi connectivity index (χ2n) is 4.92. The van der Waals surface area contributed by atoms with E-state index in [0.29, 0.717) is 12.0 Å². The molecule has 1 rings (SSSR count). The van der Waals surface area contributed by atoms with E-state index in [0.717, 1.165) is 6.54 Å². The molecule has 1 N–H and O–H groups in total. The normalized spacial score (nSPS) is 14.6. The predicted octanol–water partition coefficient (Wildman–Crippen LogP) is 5.61. The van der Waals surface area contributed by atoms with Crippen LogP contribution < -0.4 is 5.32 Å². The molecule has 1 aromatic carbocycles. The van der Waals surface area contributed by atoms with Gasteiger partial charge >= 0.3 is 0 Å². The lowest BCUT2D eigenvalue weighted by Crippen LogP contribution is -2.27. The summed E-state index contributed by atoms with van der Waals surface area (Å²) in [6, 6.07) is 4.86. The van der Waals surface area contributed by atoms with Crippen LogP contribution in [0.3, 0.4) is 0 Å². The first-order valence-corrected chi connectivity index (χ1v) is 8.28. The topological polar surface area (TPSA) is 12.0 Å². The van der Waals surface area contributed by atoms with Gasteiger partial charge in [-0.1, -0.05) is 59.1 Å². The minimum atomic E-state index is 0.418. The molecule has 0 fully saturated rings. The molecule has 0 aliphatic carbocycles. The molecule has 0 saturated carbocycles. The highest BCUT2D eigenvalue weighted by Crippen LogP contribution is 2.34. The smallest absolute Gasteiger partial charge is 0.0357 e. The Morgan fingerprint density at radius 2 is 1.83 bits per heavy atom. The summed E-state index contributed by atoms with van der Waals surface area (Å²) >= 11 is 7.35. The predicted molar refractivity (Wildman–Crippen MR) is 87.1 cm³/mol. The van der Waals surface area contributed by atoms with Crippen LogP contribution in [0.25, 0.3) is 0 Å². The zero-order chi connectivity index (χ0) is 13.7. The van der Waals surface area contributed by atoms with Crippen LogP contribution in [-0.4, -0.2) is 6.54 Å². The molecule has 0 heterocycles.